The molecule has 2 N–H and O–H groups in total. The third kappa shape index (κ3) is 3.22. The Morgan fingerprint density at radius 3 is 2.89 bits per heavy atom. The predicted molar refractivity (Wildman–Crippen MR) is 74.0 cm³/mol. The highest BCUT2D eigenvalue weighted by molar-refractivity contribution is 9.09. The minimum atomic E-state index is -0.248. The number of halogens is 1. The Morgan fingerprint density at radius 1 is 1.39 bits per heavy atom. The summed E-state index contributed by atoms with van der Waals surface area (Å²) >= 11 is 3.52. The lowest BCUT2D eigenvalue weighted by Gasteiger charge is -2.17. The fourth-order valence-corrected chi connectivity index (χ4v) is 3.34. The normalized spacial score (nSPS) is 22.9. The molecule has 1 amide bonds. The first kappa shape index (κ1) is 13.3. The van der Waals surface area contributed by atoms with Crippen molar-refractivity contribution in [1.82, 2.24) is 10.3 Å². The number of carbonyl (C=O) groups excluding carboxylic acids is 1. The number of rotatable bonds is 4. The van der Waals surface area contributed by atoms with Crippen LogP contribution in [-0.2, 0) is 0 Å². The summed E-state index contributed by atoms with van der Waals surface area (Å²) in [6, 6.07) is 4.60. The molecule has 18 heavy (non-hydrogen) atoms. The molecule has 1 heterocycles. The zero-order valence-electron chi connectivity index (χ0n) is 10.1. The van der Waals surface area contributed by atoms with Crippen molar-refractivity contribution in [2.24, 2.45) is 11.8 Å². The number of aromatic nitrogens is 1. The molecule has 0 aromatic carbocycles. The van der Waals surface area contributed by atoms with Gasteiger partial charge < -0.3 is 10.3 Å². The molecule has 2 atom stereocenters. The second-order valence-electron chi connectivity index (χ2n) is 4.74. The average molecular weight is 313 g/mol. The molecular weight excluding hydrogens is 296 g/mol. The van der Waals surface area contributed by atoms with Gasteiger partial charge in [-0.05, 0) is 30.7 Å². The van der Waals surface area contributed by atoms with E-state index < -0.39 is 0 Å². The lowest BCUT2D eigenvalue weighted by molar-refractivity contribution is 0.0939. The van der Waals surface area contributed by atoms with Crippen LogP contribution in [0.25, 0.3) is 0 Å². The summed E-state index contributed by atoms with van der Waals surface area (Å²) in [6.07, 6.45) is 3.63. The molecule has 0 radical (unpaired) electrons. The number of hydrogen-bond acceptors (Lipinski definition) is 2. The fraction of sp³-hybridized carbons (Fsp3) is 0.538. The summed E-state index contributed by atoms with van der Waals surface area (Å²) < 4.78 is 0. The molecule has 1 aromatic rings. The topological polar surface area (TPSA) is 62.0 Å². The fourth-order valence-electron chi connectivity index (χ4n) is 2.48. The summed E-state index contributed by atoms with van der Waals surface area (Å²) in [5.41, 5.74) is 0.0812. The van der Waals surface area contributed by atoms with Gasteiger partial charge in [-0.1, -0.05) is 28.4 Å². The van der Waals surface area contributed by atoms with Gasteiger partial charge in [0, 0.05) is 17.9 Å². The zero-order valence-corrected chi connectivity index (χ0v) is 11.7. The minimum Gasteiger partial charge on any atom is -0.350 e. The van der Waals surface area contributed by atoms with E-state index in [1.54, 1.807) is 12.1 Å². The van der Waals surface area contributed by atoms with Crippen LogP contribution < -0.4 is 10.9 Å². The number of H-pyrrole nitrogens is 1. The lowest BCUT2D eigenvalue weighted by Crippen LogP contribution is -2.32. The molecule has 0 bridgehead atoms. The Kier molecular flexibility index (Phi) is 4.58. The SMILES string of the molecule is O=C(NCC1CCCC1CBr)c1cccc(=O)[nH]1. The standard InChI is InChI=1S/C13H17BrN2O2/c14-7-9-3-1-4-10(9)8-15-13(18)11-5-2-6-12(17)16-11/h2,5-6,9-10H,1,3-4,7-8H2,(H,15,18)(H,16,17). The van der Waals surface area contributed by atoms with Gasteiger partial charge in [0.15, 0.2) is 0 Å². The lowest BCUT2D eigenvalue weighted by atomic mass is 9.98. The number of aromatic amines is 1. The van der Waals surface area contributed by atoms with E-state index in [4.69, 9.17) is 0 Å². The van der Waals surface area contributed by atoms with E-state index in [1.165, 1.54) is 25.3 Å². The summed E-state index contributed by atoms with van der Waals surface area (Å²) in [5.74, 6) is 0.997. The van der Waals surface area contributed by atoms with Crippen LogP contribution in [0.15, 0.2) is 23.0 Å². The highest BCUT2D eigenvalue weighted by atomic mass is 79.9. The van der Waals surface area contributed by atoms with Crippen molar-refractivity contribution in [2.75, 3.05) is 11.9 Å². The molecule has 0 aliphatic heterocycles. The number of pyridine rings is 1. The molecule has 1 fully saturated rings. The molecule has 2 rings (SSSR count). The maximum absolute atomic E-state index is 11.9. The third-order valence-electron chi connectivity index (χ3n) is 3.55. The molecule has 2 unspecified atom stereocenters. The first-order valence-electron chi connectivity index (χ1n) is 6.24. The molecular formula is C13H17BrN2O2. The van der Waals surface area contributed by atoms with Crippen molar-refractivity contribution < 1.29 is 4.79 Å². The van der Waals surface area contributed by atoms with Crippen LogP contribution in [0.4, 0.5) is 0 Å². The van der Waals surface area contributed by atoms with Gasteiger partial charge in [0.1, 0.15) is 5.69 Å². The van der Waals surface area contributed by atoms with Gasteiger partial charge in [-0.25, -0.2) is 0 Å². The Balaban J connectivity index is 1.90. The number of carbonyl (C=O) groups is 1. The second kappa shape index (κ2) is 6.18. The highest BCUT2D eigenvalue weighted by Crippen LogP contribution is 2.32. The van der Waals surface area contributed by atoms with E-state index in [-0.39, 0.29) is 11.5 Å². The average Bonchev–Trinajstić information content (AvgIpc) is 2.83. The van der Waals surface area contributed by atoms with E-state index in [9.17, 15) is 9.59 Å². The molecule has 4 nitrogen and oxygen atoms in total. The van der Waals surface area contributed by atoms with Gasteiger partial charge in [-0.15, -0.1) is 0 Å². The van der Waals surface area contributed by atoms with Gasteiger partial charge in [-0.2, -0.15) is 0 Å². The molecule has 1 aliphatic carbocycles. The van der Waals surface area contributed by atoms with E-state index in [1.807, 2.05) is 0 Å². The van der Waals surface area contributed by atoms with Gasteiger partial charge in [0.2, 0.25) is 5.56 Å². The molecule has 1 aromatic heterocycles. The molecule has 1 saturated carbocycles. The monoisotopic (exact) mass is 312 g/mol. The molecule has 98 valence electrons. The van der Waals surface area contributed by atoms with Crippen molar-refractivity contribution in [3.05, 3.63) is 34.2 Å². The number of amides is 1. The Bertz CT molecular complexity index is 472. The van der Waals surface area contributed by atoms with Crippen LogP contribution >= 0.6 is 15.9 Å². The van der Waals surface area contributed by atoms with E-state index in [0.29, 0.717) is 24.1 Å². The Hall–Kier alpha value is -1.10. The quantitative estimate of drug-likeness (QED) is 0.834. The predicted octanol–water partition coefficient (Wildman–Crippen LogP) is 1.92. The molecule has 0 spiro atoms. The maximum atomic E-state index is 11.9. The first-order chi connectivity index (χ1) is 8.70. The number of nitrogens with one attached hydrogen (secondary N) is 2. The van der Waals surface area contributed by atoms with Crippen LogP contribution in [0, 0.1) is 11.8 Å². The van der Waals surface area contributed by atoms with Crippen molar-refractivity contribution in [3.63, 3.8) is 0 Å². The summed E-state index contributed by atoms with van der Waals surface area (Å²) in [5, 5.41) is 3.90. The van der Waals surface area contributed by atoms with E-state index >= 15 is 0 Å². The molecule has 0 saturated heterocycles. The van der Waals surface area contributed by atoms with Crippen molar-refractivity contribution in [1.29, 1.82) is 0 Å². The minimum absolute atomic E-state index is 0.201. The van der Waals surface area contributed by atoms with Gasteiger partial charge in [0.05, 0.1) is 0 Å². The Labute approximate surface area is 114 Å². The van der Waals surface area contributed by atoms with Crippen LogP contribution in [0.5, 0.6) is 0 Å². The smallest absolute Gasteiger partial charge is 0.267 e. The largest absolute Gasteiger partial charge is 0.350 e. The zero-order chi connectivity index (χ0) is 13.0. The van der Waals surface area contributed by atoms with Crippen LogP contribution in [0.1, 0.15) is 29.8 Å². The van der Waals surface area contributed by atoms with Crippen LogP contribution in [0.3, 0.4) is 0 Å². The summed E-state index contributed by atoms with van der Waals surface area (Å²) in [4.78, 5) is 25.5. The maximum Gasteiger partial charge on any atom is 0.267 e. The summed E-state index contributed by atoms with van der Waals surface area (Å²) in [6.45, 7) is 0.687. The van der Waals surface area contributed by atoms with Crippen LogP contribution in [0.2, 0.25) is 0 Å². The van der Waals surface area contributed by atoms with Gasteiger partial charge >= 0.3 is 0 Å². The van der Waals surface area contributed by atoms with Crippen LogP contribution in [-0.4, -0.2) is 22.8 Å². The van der Waals surface area contributed by atoms with Gasteiger partial charge in [0.25, 0.3) is 5.91 Å². The van der Waals surface area contributed by atoms with Crippen molar-refractivity contribution >= 4 is 21.8 Å². The first-order valence-corrected chi connectivity index (χ1v) is 7.36. The van der Waals surface area contributed by atoms with E-state index in [0.717, 1.165) is 5.33 Å². The highest BCUT2D eigenvalue weighted by Gasteiger charge is 2.26. The second-order valence-corrected chi connectivity index (χ2v) is 5.39. The third-order valence-corrected chi connectivity index (χ3v) is 4.38. The number of alkyl halides is 1. The molecule has 1 aliphatic rings. The number of hydrogen-bond donors (Lipinski definition) is 2. The van der Waals surface area contributed by atoms with Crippen molar-refractivity contribution in [2.45, 2.75) is 19.3 Å². The summed E-state index contributed by atoms with van der Waals surface area (Å²) in [7, 11) is 0. The molecule has 5 heteroatoms. The van der Waals surface area contributed by atoms with Gasteiger partial charge in [-0.3, -0.25) is 9.59 Å². The van der Waals surface area contributed by atoms with Crippen molar-refractivity contribution in [3.8, 4) is 0 Å². The van der Waals surface area contributed by atoms with E-state index in [2.05, 4.69) is 26.2 Å². The Morgan fingerprint density at radius 2 is 2.17 bits per heavy atom.